The first-order valence-electron chi connectivity index (χ1n) is 6.83. The summed E-state index contributed by atoms with van der Waals surface area (Å²) in [5.74, 6) is 1.34. The molecule has 1 aromatic rings. The second-order valence-electron chi connectivity index (χ2n) is 5.19. The molecule has 19 heavy (non-hydrogen) atoms. The van der Waals surface area contributed by atoms with Gasteiger partial charge in [0.25, 0.3) is 0 Å². The second-order valence-corrected chi connectivity index (χ2v) is 5.19. The number of carbonyl (C=O) groups excluding carboxylic acids is 1. The standard InChI is InChI=1S/C15H19NO3/c1-18-14-5-3-2-4-12(14)11-6-8-16(10-11)13-7-9-19-15(13)17/h2-5,11,13H,6-10H2,1H3. The number of nitrogens with zero attached hydrogens (tertiary/aromatic N) is 1. The molecule has 0 bridgehead atoms. The van der Waals surface area contributed by atoms with Crippen molar-refractivity contribution in [3.05, 3.63) is 29.8 Å². The van der Waals surface area contributed by atoms with E-state index in [0.29, 0.717) is 12.5 Å². The fraction of sp³-hybridized carbons (Fsp3) is 0.533. The summed E-state index contributed by atoms with van der Waals surface area (Å²) in [5, 5.41) is 0. The Morgan fingerprint density at radius 1 is 1.32 bits per heavy atom. The van der Waals surface area contributed by atoms with Crippen molar-refractivity contribution in [2.45, 2.75) is 24.8 Å². The summed E-state index contributed by atoms with van der Waals surface area (Å²) < 4.78 is 10.5. The van der Waals surface area contributed by atoms with Crippen molar-refractivity contribution in [1.82, 2.24) is 4.90 Å². The van der Waals surface area contributed by atoms with Gasteiger partial charge >= 0.3 is 5.97 Å². The first kappa shape index (κ1) is 12.5. The highest BCUT2D eigenvalue weighted by atomic mass is 16.5. The van der Waals surface area contributed by atoms with E-state index in [0.717, 1.165) is 31.7 Å². The number of esters is 1. The number of hydrogen-bond donors (Lipinski definition) is 0. The number of cyclic esters (lactones) is 1. The summed E-state index contributed by atoms with van der Waals surface area (Å²) in [5.41, 5.74) is 1.25. The summed E-state index contributed by atoms with van der Waals surface area (Å²) in [4.78, 5) is 13.9. The third-order valence-corrected chi connectivity index (χ3v) is 4.15. The molecule has 102 valence electrons. The number of para-hydroxylation sites is 1. The van der Waals surface area contributed by atoms with E-state index in [2.05, 4.69) is 11.0 Å². The zero-order chi connectivity index (χ0) is 13.2. The predicted octanol–water partition coefficient (Wildman–Crippen LogP) is 1.80. The molecule has 0 aromatic heterocycles. The van der Waals surface area contributed by atoms with Crippen molar-refractivity contribution in [1.29, 1.82) is 0 Å². The van der Waals surface area contributed by atoms with Gasteiger partial charge in [-0.1, -0.05) is 18.2 Å². The van der Waals surface area contributed by atoms with E-state index in [1.165, 1.54) is 5.56 Å². The average molecular weight is 261 g/mol. The minimum atomic E-state index is -0.0549. The highest BCUT2D eigenvalue weighted by molar-refractivity contribution is 5.77. The van der Waals surface area contributed by atoms with E-state index in [1.807, 2.05) is 18.2 Å². The second kappa shape index (κ2) is 5.21. The van der Waals surface area contributed by atoms with E-state index in [-0.39, 0.29) is 12.0 Å². The number of hydrogen-bond acceptors (Lipinski definition) is 4. The van der Waals surface area contributed by atoms with Crippen molar-refractivity contribution in [2.24, 2.45) is 0 Å². The van der Waals surface area contributed by atoms with Crippen molar-refractivity contribution >= 4 is 5.97 Å². The van der Waals surface area contributed by atoms with E-state index in [4.69, 9.17) is 9.47 Å². The predicted molar refractivity (Wildman–Crippen MR) is 71.3 cm³/mol. The number of rotatable bonds is 3. The third-order valence-electron chi connectivity index (χ3n) is 4.15. The summed E-state index contributed by atoms with van der Waals surface area (Å²) in [6.07, 6.45) is 1.90. The van der Waals surface area contributed by atoms with Crippen LogP contribution < -0.4 is 4.74 Å². The zero-order valence-corrected chi connectivity index (χ0v) is 11.2. The number of likely N-dealkylation sites (tertiary alicyclic amines) is 1. The van der Waals surface area contributed by atoms with E-state index >= 15 is 0 Å². The van der Waals surface area contributed by atoms with Crippen molar-refractivity contribution in [2.75, 3.05) is 26.8 Å². The fourth-order valence-corrected chi connectivity index (χ4v) is 3.14. The molecule has 3 rings (SSSR count). The lowest BCUT2D eigenvalue weighted by Gasteiger charge is -2.20. The molecular formula is C15H19NO3. The Morgan fingerprint density at radius 2 is 2.16 bits per heavy atom. The Labute approximate surface area is 113 Å². The molecule has 2 unspecified atom stereocenters. The minimum absolute atomic E-state index is 0.0280. The van der Waals surface area contributed by atoms with Crippen LogP contribution in [0.5, 0.6) is 5.75 Å². The molecule has 1 aromatic carbocycles. The first-order chi connectivity index (χ1) is 9.29. The smallest absolute Gasteiger partial charge is 0.323 e. The Bertz CT molecular complexity index is 474. The van der Waals surface area contributed by atoms with Crippen LogP contribution in [0.25, 0.3) is 0 Å². The quantitative estimate of drug-likeness (QED) is 0.778. The molecule has 2 atom stereocenters. The summed E-state index contributed by atoms with van der Waals surface area (Å²) in [6, 6.07) is 8.13. The van der Waals surface area contributed by atoms with Gasteiger partial charge in [0.15, 0.2) is 0 Å². The minimum Gasteiger partial charge on any atom is -0.496 e. The molecule has 0 saturated carbocycles. The van der Waals surface area contributed by atoms with Gasteiger partial charge in [0, 0.05) is 18.9 Å². The molecule has 0 amide bonds. The molecule has 0 spiro atoms. The van der Waals surface area contributed by atoms with Crippen LogP contribution in [0, 0.1) is 0 Å². The van der Waals surface area contributed by atoms with Crippen LogP contribution in [0.2, 0.25) is 0 Å². The lowest BCUT2D eigenvalue weighted by atomic mass is 9.97. The Balaban J connectivity index is 1.73. The number of ether oxygens (including phenoxy) is 2. The third kappa shape index (κ3) is 2.32. The van der Waals surface area contributed by atoms with Gasteiger partial charge in [-0.25, -0.2) is 0 Å². The summed E-state index contributed by atoms with van der Waals surface area (Å²) in [7, 11) is 1.71. The molecule has 4 nitrogen and oxygen atoms in total. The summed E-state index contributed by atoms with van der Waals surface area (Å²) in [6.45, 7) is 2.45. The van der Waals surface area contributed by atoms with Crippen LogP contribution in [-0.4, -0.2) is 43.7 Å². The van der Waals surface area contributed by atoms with Gasteiger partial charge in [0.05, 0.1) is 13.7 Å². The van der Waals surface area contributed by atoms with Crippen LogP contribution in [0.3, 0.4) is 0 Å². The van der Waals surface area contributed by atoms with Crippen LogP contribution in [0.4, 0.5) is 0 Å². The van der Waals surface area contributed by atoms with Gasteiger partial charge in [-0.2, -0.15) is 0 Å². The average Bonchev–Trinajstić information content (AvgIpc) is 3.07. The van der Waals surface area contributed by atoms with Crippen LogP contribution in [-0.2, 0) is 9.53 Å². The van der Waals surface area contributed by atoms with Gasteiger partial charge in [0.2, 0.25) is 0 Å². The monoisotopic (exact) mass is 261 g/mol. The van der Waals surface area contributed by atoms with Gasteiger partial charge < -0.3 is 9.47 Å². The lowest BCUT2D eigenvalue weighted by Crippen LogP contribution is -2.36. The van der Waals surface area contributed by atoms with E-state index in [1.54, 1.807) is 7.11 Å². The van der Waals surface area contributed by atoms with Crippen molar-refractivity contribution in [3.8, 4) is 5.75 Å². The van der Waals surface area contributed by atoms with Gasteiger partial charge in [-0.3, -0.25) is 9.69 Å². The van der Waals surface area contributed by atoms with Gasteiger partial charge in [-0.05, 0) is 24.6 Å². The molecule has 2 aliphatic heterocycles. The molecule has 2 saturated heterocycles. The fourth-order valence-electron chi connectivity index (χ4n) is 3.14. The van der Waals surface area contributed by atoms with Gasteiger partial charge in [-0.15, -0.1) is 0 Å². The Hall–Kier alpha value is -1.55. The maximum absolute atomic E-state index is 11.6. The van der Waals surface area contributed by atoms with E-state index < -0.39 is 0 Å². The highest BCUT2D eigenvalue weighted by Gasteiger charge is 2.37. The Morgan fingerprint density at radius 3 is 2.89 bits per heavy atom. The normalized spacial score (nSPS) is 27.5. The number of carbonyl (C=O) groups is 1. The van der Waals surface area contributed by atoms with Gasteiger partial charge in [0.1, 0.15) is 11.8 Å². The maximum Gasteiger partial charge on any atom is 0.323 e. The maximum atomic E-state index is 11.6. The topological polar surface area (TPSA) is 38.8 Å². The molecule has 0 aliphatic carbocycles. The van der Waals surface area contributed by atoms with Crippen molar-refractivity contribution < 1.29 is 14.3 Å². The van der Waals surface area contributed by atoms with Crippen LogP contribution in [0.15, 0.2) is 24.3 Å². The molecule has 4 heteroatoms. The highest BCUT2D eigenvalue weighted by Crippen LogP contribution is 2.35. The number of methoxy groups -OCH3 is 1. The largest absolute Gasteiger partial charge is 0.496 e. The SMILES string of the molecule is COc1ccccc1C1CCN(C2CCOC2=O)C1. The zero-order valence-electron chi connectivity index (χ0n) is 11.2. The molecular weight excluding hydrogens is 242 g/mol. The molecule has 2 aliphatic rings. The number of benzene rings is 1. The molecule has 2 fully saturated rings. The van der Waals surface area contributed by atoms with E-state index in [9.17, 15) is 4.79 Å². The van der Waals surface area contributed by atoms with Crippen molar-refractivity contribution in [3.63, 3.8) is 0 Å². The molecule has 0 N–H and O–H groups in total. The van der Waals surface area contributed by atoms with Crippen LogP contribution in [0.1, 0.15) is 24.3 Å². The summed E-state index contributed by atoms with van der Waals surface area (Å²) >= 11 is 0. The first-order valence-corrected chi connectivity index (χ1v) is 6.83. The van der Waals surface area contributed by atoms with Crippen LogP contribution >= 0.6 is 0 Å². The lowest BCUT2D eigenvalue weighted by molar-refractivity contribution is -0.142. The molecule has 0 radical (unpaired) electrons. The molecule has 2 heterocycles. The Kier molecular flexibility index (Phi) is 3.42.